The molecule has 0 saturated carbocycles. The molecule has 1 N–H and O–H groups in total. The number of likely N-dealkylation sites (tertiary alicyclic amines) is 1. The SMILES string of the molecule is Cc1cccc(-n2nc(C(C)(C)C)cc2NC(=O)C2CCN(Cc3nccn3C)CC2)c1. The minimum Gasteiger partial charge on any atom is -0.337 e. The van der Waals surface area contributed by atoms with E-state index in [1.165, 1.54) is 0 Å². The van der Waals surface area contributed by atoms with Crippen molar-refractivity contribution in [3.63, 3.8) is 0 Å². The van der Waals surface area contributed by atoms with Crippen molar-refractivity contribution in [2.45, 2.75) is 52.5 Å². The van der Waals surface area contributed by atoms with Crippen molar-refractivity contribution < 1.29 is 4.79 Å². The summed E-state index contributed by atoms with van der Waals surface area (Å²) in [7, 11) is 2.02. The number of nitrogens with one attached hydrogen (secondary N) is 1. The fourth-order valence-electron chi connectivity index (χ4n) is 4.12. The minimum atomic E-state index is -0.106. The van der Waals surface area contributed by atoms with E-state index in [-0.39, 0.29) is 17.2 Å². The molecule has 2 aromatic heterocycles. The Balaban J connectivity index is 1.46. The highest BCUT2D eigenvalue weighted by Crippen LogP contribution is 2.28. The third-order valence-electron chi connectivity index (χ3n) is 6.22. The van der Waals surface area contributed by atoms with Crippen LogP contribution in [0.25, 0.3) is 5.69 Å². The number of piperidine rings is 1. The fraction of sp³-hybridized carbons (Fsp3) is 0.480. The van der Waals surface area contributed by atoms with Gasteiger partial charge in [-0.25, -0.2) is 9.67 Å². The molecule has 32 heavy (non-hydrogen) atoms. The average Bonchev–Trinajstić information content (AvgIpc) is 3.35. The van der Waals surface area contributed by atoms with Gasteiger partial charge >= 0.3 is 0 Å². The number of benzene rings is 1. The lowest BCUT2D eigenvalue weighted by Gasteiger charge is -2.30. The summed E-state index contributed by atoms with van der Waals surface area (Å²) in [6.45, 7) is 11.1. The predicted molar refractivity (Wildman–Crippen MR) is 127 cm³/mol. The van der Waals surface area contributed by atoms with Crippen molar-refractivity contribution >= 4 is 11.7 Å². The molecule has 7 heteroatoms. The van der Waals surface area contributed by atoms with Gasteiger partial charge in [0.1, 0.15) is 11.6 Å². The van der Waals surface area contributed by atoms with Crippen LogP contribution in [0.4, 0.5) is 5.82 Å². The first-order chi connectivity index (χ1) is 15.2. The largest absolute Gasteiger partial charge is 0.337 e. The number of imidazole rings is 1. The van der Waals surface area contributed by atoms with Crippen molar-refractivity contribution in [3.8, 4) is 5.69 Å². The minimum absolute atomic E-state index is 0.00608. The number of nitrogens with zero attached hydrogens (tertiary/aromatic N) is 5. The van der Waals surface area contributed by atoms with Gasteiger partial charge in [0.05, 0.1) is 17.9 Å². The first-order valence-corrected chi connectivity index (χ1v) is 11.4. The van der Waals surface area contributed by atoms with Gasteiger partial charge in [-0.2, -0.15) is 5.10 Å². The molecule has 1 saturated heterocycles. The standard InChI is InChI=1S/C25H34N6O/c1-18-7-6-8-20(15-18)31-22(16-21(28-31)25(2,3)4)27-24(32)19-9-12-30(13-10-19)17-23-26-11-14-29(23)5/h6-8,11,14-16,19H,9-10,12-13,17H2,1-5H3,(H,27,32). The van der Waals surface area contributed by atoms with Crippen LogP contribution in [0.15, 0.2) is 42.7 Å². The Bertz CT molecular complexity index is 1080. The lowest BCUT2D eigenvalue weighted by Crippen LogP contribution is -2.38. The molecule has 1 aliphatic heterocycles. The number of hydrogen-bond acceptors (Lipinski definition) is 4. The van der Waals surface area contributed by atoms with Crippen molar-refractivity contribution in [2.75, 3.05) is 18.4 Å². The van der Waals surface area contributed by atoms with Gasteiger partial charge in [-0.3, -0.25) is 9.69 Å². The molecule has 1 aromatic carbocycles. The normalized spacial score (nSPS) is 15.8. The highest BCUT2D eigenvalue weighted by molar-refractivity contribution is 5.92. The lowest BCUT2D eigenvalue weighted by molar-refractivity contribution is -0.121. The number of aromatic nitrogens is 4. The topological polar surface area (TPSA) is 68.0 Å². The second-order valence-electron chi connectivity index (χ2n) is 9.91. The van der Waals surface area contributed by atoms with Gasteiger partial charge in [0, 0.05) is 36.8 Å². The van der Waals surface area contributed by atoms with Crippen LogP contribution in [0, 0.1) is 12.8 Å². The Morgan fingerprint density at radius 3 is 2.56 bits per heavy atom. The predicted octanol–water partition coefficient (Wildman–Crippen LogP) is 4.06. The quantitative estimate of drug-likeness (QED) is 0.658. The number of carbonyl (C=O) groups excluding carboxylic acids is 1. The number of carbonyl (C=O) groups is 1. The van der Waals surface area contributed by atoms with E-state index in [1.807, 2.05) is 42.3 Å². The highest BCUT2D eigenvalue weighted by atomic mass is 16.2. The van der Waals surface area contributed by atoms with Gasteiger partial charge in [-0.1, -0.05) is 32.9 Å². The number of anilines is 1. The van der Waals surface area contributed by atoms with Crippen molar-refractivity contribution in [3.05, 3.63) is 59.8 Å². The maximum absolute atomic E-state index is 13.2. The number of hydrogen-bond donors (Lipinski definition) is 1. The zero-order valence-corrected chi connectivity index (χ0v) is 19.8. The average molecular weight is 435 g/mol. The molecule has 170 valence electrons. The summed E-state index contributed by atoms with van der Waals surface area (Å²) >= 11 is 0. The highest BCUT2D eigenvalue weighted by Gasteiger charge is 2.27. The molecule has 7 nitrogen and oxygen atoms in total. The van der Waals surface area contributed by atoms with E-state index in [2.05, 4.69) is 59.6 Å². The molecule has 0 radical (unpaired) electrons. The molecular formula is C25H34N6O. The fourth-order valence-corrected chi connectivity index (χ4v) is 4.12. The number of rotatable bonds is 5. The zero-order valence-electron chi connectivity index (χ0n) is 19.8. The molecule has 0 atom stereocenters. The van der Waals surface area contributed by atoms with E-state index in [9.17, 15) is 4.79 Å². The van der Waals surface area contributed by atoms with Gasteiger partial charge < -0.3 is 9.88 Å². The molecular weight excluding hydrogens is 400 g/mol. The summed E-state index contributed by atoms with van der Waals surface area (Å²) in [6.07, 6.45) is 5.50. The Kier molecular flexibility index (Phi) is 6.20. The molecule has 0 bridgehead atoms. The van der Waals surface area contributed by atoms with Crippen LogP contribution in [-0.4, -0.2) is 43.2 Å². The van der Waals surface area contributed by atoms with E-state index < -0.39 is 0 Å². The van der Waals surface area contributed by atoms with Crippen molar-refractivity contribution in [1.82, 2.24) is 24.2 Å². The monoisotopic (exact) mass is 434 g/mol. The Morgan fingerprint density at radius 2 is 1.94 bits per heavy atom. The van der Waals surface area contributed by atoms with Crippen LogP contribution < -0.4 is 5.32 Å². The van der Waals surface area contributed by atoms with Crippen LogP contribution in [0.5, 0.6) is 0 Å². The van der Waals surface area contributed by atoms with E-state index in [4.69, 9.17) is 5.10 Å². The Labute approximate surface area is 190 Å². The Hall–Kier alpha value is -2.93. The molecule has 1 fully saturated rings. The molecule has 4 rings (SSSR count). The summed E-state index contributed by atoms with van der Waals surface area (Å²) in [6, 6.07) is 10.2. The maximum atomic E-state index is 13.2. The van der Waals surface area contributed by atoms with E-state index in [0.29, 0.717) is 0 Å². The first kappa shape index (κ1) is 22.3. The van der Waals surface area contributed by atoms with Gasteiger partial charge in [0.2, 0.25) is 5.91 Å². The molecule has 1 aliphatic rings. The van der Waals surface area contributed by atoms with Crippen LogP contribution in [-0.2, 0) is 23.8 Å². The number of amides is 1. The second kappa shape index (κ2) is 8.90. The van der Waals surface area contributed by atoms with E-state index in [1.54, 1.807) is 0 Å². The van der Waals surface area contributed by atoms with Crippen LogP contribution in [0.3, 0.4) is 0 Å². The third-order valence-corrected chi connectivity index (χ3v) is 6.22. The summed E-state index contributed by atoms with van der Waals surface area (Å²) in [5.74, 6) is 1.88. The molecule has 0 aliphatic carbocycles. The van der Waals surface area contributed by atoms with Gasteiger partial charge in [-0.15, -0.1) is 0 Å². The third kappa shape index (κ3) is 4.93. The van der Waals surface area contributed by atoms with Gasteiger partial charge in [0.25, 0.3) is 0 Å². The summed E-state index contributed by atoms with van der Waals surface area (Å²) in [5, 5.41) is 8.02. The molecule has 3 aromatic rings. The van der Waals surface area contributed by atoms with Crippen LogP contribution in [0.2, 0.25) is 0 Å². The summed E-state index contributed by atoms with van der Waals surface area (Å²) in [4.78, 5) is 20.0. The summed E-state index contributed by atoms with van der Waals surface area (Å²) in [5.41, 5.74) is 2.97. The van der Waals surface area contributed by atoms with Gasteiger partial charge in [-0.05, 0) is 50.6 Å². The van der Waals surface area contributed by atoms with Gasteiger partial charge in [0.15, 0.2) is 0 Å². The maximum Gasteiger partial charge on any atom is 0.228 e. The molecule has 1 amide bonds. The lowest BCUT2D eigenvalue weighted by atomic mass is 9.92. The van der Waals surface area contributed by atoms with Crippen molar-refractivity contribution in [2.24, 2.45) is 13.0 Å². The zero-order chi connectivity index (χ0) is 22.9. The smallest absolute Gasteiger partial charge is 0.228 e. The number of aryl methyl sites for hydroxylation is 2. The summed E-state index contributed by atoms with van der Waals surface area (Å²) < 4.78 is 3.92. The second-order valence-corrected chi connectivity index (χ2v) is 9.91. The first-order valence-electron chi connectivity index (χ1n) is 11.4. The van der Waals surface area contributed by atoms with Crippen LogP contribution in [0.1, 0.15) is 50.7 Å². The van der Waals surface area contributed by atoms with Crippen LogP contribution >= 0.6 is 0 Å². The molecule has 3 heterocycles. The van der Waals surface area contributed by atoms with E-state index >= 15 is 0 Å². The molecule has 0 unspecified atom stereocenters. The Morgan fingerprint density at radius 1 is 1.19 bits per heavy atom. The molecule has 0 spiro atoms. The van der Waals surface area contributed by atoms with E-state index in [0.717, 1.165) is 61.1 Å². The van der Waals surface area contributed by atoms with Crippen molar-refractivity contribution in [1.29, 1.82) is 0 Å².